The maximum atomic E-state index is 12.8. The lowest BCUT2D eigenvalue weighted by Gasteiger charge is -2.32. The highest BCUT2D eigenvalue weighted by Gasteiger charge is 2.26. The summed E-state index contributed by atoms with van der Waals surface area (Å²) in [6, 6.07) is 9.69. The third-order valence-electron chi connectivity index (χ3n) is 4.51. The van der Waals surface area contributed by atoms with Crippen LogP contribution in [0.3, 0.4) is 0 Å². The van der Waals surface area contributed by atoms with Gasteiger partial charge in [-0.1, -0.05) is 32.9 Å². The first-order valence-corrected chi connectivity index (χ1v) is 8.76. The molecule has 1 amide bonds. The Hall–Kier alpha value is -2.43. The summed E-state index contributed by atoms with van der Waals surface area (Å²) in [6.07, 6.45) is 4.96. The fourth-order valence-electron chi connectivity index (χ4n) is 3.03. The second kappa shape index (κ2) is 7.21. The molecule has 1 aliphatic rings. The molecule has 1 aromatic carbocycles. The fourth-order valence-corrected chi connectivity index (χ4v) is 3.03. The van der Waals surface area contributed by atoms with E-state index in [1.807, 2.05) is 29.2 Å². The number of hydrogen-bond acceptors (Lipinski definition) is 4. The molecule has 132 valence electrons. The minimum absolute atomic E-state index is 0.0264. The number of aromatic nitrogens is 2. The Balaban J connectivity index is 1.65. The van der Waals surface area contributed by atoms with Gasteiger partial charge in [-0.05, 0) is 36.0 Å². The number of benzene rings is 1. The van der Waals surface area contributed by atoms with Gasteiger partial charge in [0.05, 0.1) is 6.54 Å². The molecule has 0 N–H and O–H groups in total. The molecule has 0 spiro atoms. The molecule has 25 heavy (non-hydrogen) atoms. The SMILES string of the molecule is CC(C)(C)c1ccc(C(=O)N2CCCC(Oc3ccncn3)C2)cc1. The number of likely N-dealkylation sites (tertiary alicyclic amines) is 1. The van der Waals surface area contributed by atoms with Crippen molar-refractivity contribution in [2.45, 2.75) is 45.1 Å². The van der Waals surface area contributed by atoms with Gasteiger partial charge >= 0.3 is 0 Å². The number of piperidine rings is 1. The second-order valence-corrected chi connectivity index (χ2v) is 7.51. The van der Waals surface area contributed by atoms with Crippen LogP contribution < -0.4 is 4.74 Å². The van der Waals surface area contributed by atoms with E-state index in [0.29, 0.717) is 12.4 Å². The van der Waals surface area contributed by atoms with Crippen molar-refractivity contribution < 1.29 is 9.53 Å². The molecule has 3 rings (SSSR count). The van der Waals surface area contributed by atoms with E-state index >= 15 is 0 Å². The maximum absolute atomic E-state index is 12.8. The van der Waals surface area contributed by atoms with Crippen LogP contribution in [0.15, 0.2) is 42.9 Å². The smallest absolute Gasteiger partial charge is 0.253 e. The summed E-state index contributed by atoms with van der Waals surface area (Å²) in [5.74, 6) is 0.625. The van der Waals surface area contributed by atoms with Gasteiger partial charge in [-0.25, -0.2) is 9.97 Å². The molecule has 2 aromatic rings. The Kier molecular flexibility index (Phi) is 5.02. The molecule has 0 saturated carbocycles. The van der Waals surface area contributed by atoms with Crippen LogP contribution >= 0.6 is 0 Å². The Bertz CT molecular complexity index is 708. The van der Waals surface area contributed by atoms with Gasteiger partial charge in [0.15, 0.2) is 0 Å². The van der Waals surface area contributed by atoms with Crippen LogP contribution in [-0.2, 0) is 5.41 Å². The van der Waals surface area contributed by atoms with Crippen molar-refractivity contribution in [1.82, 2.24) is 14.9 Å². The highest BCUT2D eigenvalue weighted by molar-refractivity contribution is 5.94. The van der Waals surface area contributed by atoms with E-state index in [0.717, 1.165) is 24.9 Å². The predicted molar refractivity (Wildman–Crippen MR) is 96.7 cm³/mol. The molecule has 5 heteroatoms. The normalized spacial score (nSPS) is 18.0. The molecule has 0 aliphatic carbocycles. The van der Waals surface area contributed by atoms with E-state index in [-0.39, 0.29) is 17.4 Å². The highest BCUT2D eigenvalue weighted by atomic mass is 16.5. The van der Waals surface area contributed by atoms with E-state index in [4.69, 9.17) is 4.74 Å². The number of hydrogen-bond donors (Lipinski definition) is 0. The summed E-state index contributed by atoms with van der Waals surface area (Å²) in [6.45, 7) is 7.87. The highest BCUT2D eigenvalue weighted by Crippen LogP contribution is 2.23. The van der Waals surface area contributed by atoms with Crippen LogP contribution in [0.25, 0.3) is 0 Å². The molecule has 1 fully saturated rings. The van der Waals surface area contributed by atoms with Crippen molar-refractivity contribution in [2.75, 3.05) is 13.1 Å². The van der Waals surface area contributed by atoms with Crippen molar-refractivity contribution in [1.29, 1.82) is 0 Å². The zero-order valence-electron chi connectivity index (χ0n) is 15.1. The van der Waals surface area contributed by atoms with Crippen molar-refractivity contribution >= 4 is 5.91 Å². The summed E-state index contributed by atoms with van der Waals surface area (Å²) in [5, 5.41) is 0. The lowest BCUT2D eigenvalue weighted by Crippen LogP contribution is -2.44. The van der Waals surface area contributed by atoms with Crippen LogP contribution in [-0.4, -0.2) is 40.0 Å². The fraction of sp³-hybridized carbons (Fsp3) is 0.450. The van der Waals surface area contributed by atoms with Crippen LogP contribution in [0.4, 0.5) is 0 Å². The molecule has 2 heterocycles. The monoisotopic (exact) mass is 339 g/mol. The van der Waals surface area contributed by atoms with Crippen LogP contribution in [0.2, 0.25) is 0 Å². The zero-order chi connectivity index (χ0) is 17.9. The summed E-state index contributed by atoms with van der Waals surface area (Å²) in [7, 11) is 0. The van der Waals surface area contributed by atoms with E-state index in [2.05, 4.69) is 30.7 Å². The van der Waals surface area contributed by atoms with Crippen molar-refractivity contribution in [3.8, 4) is 5.88 Å². The third kappa shape index (κ3) is 4.35. The number of ether oxygens (including phenoxy) is 1. The number of rotatable bonds is 3. The summed E-state index contributed by atoms with van der Waals surface area (Å²) in [4.78, 5) is 22.7. The topological polar surface area (TPSA) is 55.3 Å². The maximum Gasteiger partial charge on any atom is 0.253 e. The average Bonchev–Trinajstić information content (AvgIpc) is 2.61. The van der Waals surface area contributed by atoms with Gasteiger partial charge in [0, 0.05) is 24.4 Å². The lowest BCUT2D eigenvalue weighted by atomic mass is 9.86. The molecule has 5 nitrogen and oxygen atoms in total. The number of carbonyl (C=O) groups is 1. The molecule has 1 aromatic heterocycles. The molecule has 0 radical (unpaired) electrons. The van der Waals surface area contributed by atoms with Gasteiger partial charge in [-0.15, -0.1) is 0 Å². The summed E-state index contributed by atoms with van der Waals surface area (Å²) < 4.78 is 5.89. The molecule has 0 bridgehead atoms. The largest absolute Gasteiger partial charge is 0.472 e. The third-order valence-corrected chi connectivity index (χ3v) is 4.51. The van der Waals surface area contributed by atoms with E-state index in [1.165, 1.54) is 11.9 Å². The Morgan fingerprint density at radius 1 is 1.20 bits per heavy atom. The second-order valence-electron chi connectivity index (χ2n) is 7.51. The van der Waals surface area contributed by atoms with Crippen LogP contribution in [0, 0.1) is 0 Å². The first kappa shape index (κ1) is 17.4. The van der Waals surface area contributed by atoms with E-state index in [9.17, 15) is 4.79 Å². The van der Waals surface area contributed by atoms with Crippen molar-refractivity contribution in [3.63, 3.8) is 0 Å². The van der Waals surface area contributed by atoms with Crippen molar-refractivity contribution in [2.24, 2.45) is 0 Å². The van der Waals surface area contributed by atoms with Gasteiger partial charge < -0.3 is 9.64 Å². The zero-order valence-corrected chi connectivity index (χ0v) is 15.1. The lowest BCUT2D eigenvalue weighted by molar-refractivity contribution is 0.0527. The molecular formula is C20H25N3O2. The summed E-state index contributed by atoms with van der Waals surface area (Å²) in [5.41, 5.74) is 2.05. The van der Waals surface area contributed by atoms with E-state index < -0.39 is 0 Å². The Morgan fingerprint density at radius 2 is 1.96 bits per heavy atom. The first-order valence-electron chi connectivity index (χ1n) is 8.76. The Morgan fingerprint density at radius 3 is 2.60 bits per heavy atom. The quantitative estimate of drug-likeness (QED) is 0.859. The standard InChI is InChI=1S/C20H25N3O2/c1-20(2,3)16-8-6-15(7-9-16)19(24)23-12-4-5-17(13-23)25-18-10-11-21-14-22-18/h6-11,14,17H,4-5,12-13H2,1-3H3. The van der Waals surface area contributed by atoms with Gasteiger partial charge in [-0.2, -0.15) is 0 Å². The van der Waals surface area contributed by atoms with Gasteiger partial charge in [0.25, 0.3) is 5.91 Å². The minimum Gasteiger partial charge on any atom is -0.472 e. The number of carbonyl (C=O) groups excluding carboxylic acids is 1. The van der Waals surface area contributed by atoms with Gasteiger partial charge in [-0.3, -0.25) is 4.79 Å². The average molecular weight is 339 g/mol. The van der Waals surface area contributed by atoms with Gasteiger partial charge in [0.1, 0.15) is 12.4 Å². The summed E-state index contributed by atoms with van der Waals surface area (Å²) >= 11 is 0. The molecule has 1 atom stereocenters. The molecular weight excluding hydrogens is 314 g/mol. The van der Waals surface area contributed by atoms with Crippen LogP contribution in [0.1, 0.15) is 49.5 Å². The van der Waals surface area contributed by atoms with Gasteiger partial charge in [0.2, 0.25) is 5.88 Å². The predicted octanol–water partition coefficient (Wildman–Crippen LogP) is 3.46. The van der Waals surface area contributed by atoms with E-state index in [1.54, 1.807) is 12.3 Å². The molecule has 1 unspecified atom stereocenters. The van der Waals surface area contributed by atoms with Crippen molar-refractivity contribution in [3.05, 3.63) is 54.0 Å². The number of nitrogens with zero attached hydrogens (tertiary/aromatic N) is 3. The molecule has 1 saturated heterocycles. The first-order chi connectivity index (χ1) is 11.9. The van der Waals surface area contributed by atoms with Crippen LogP contribution in [0.5, 0.6) is 5.88 Å². The number of amides is 1. The Labute approximate surface area is 149 Å². The molecule has 1 aliphatic heterocycles. The minimum atomic E-state index is -0.0264.